The number of carboxylic acid groups (broad SMARTS) is 1. The molecule has 2 aromatic rings. The van der Waals surface area contributed by atoms with Crippen molar-refractivity contribution < 1.29 is 9.90 Å². The fourth-order valence-corrected chi connectivity index (χ4v) is 3.36. The van der Waals surface area contributed by atoms with Gasteiger partial charge in [0.2, 0.25) is 0 Å². The van der Waals surface area contributed by atoms with E-state index in [0.29, 0.717) is 5.56 Å². The lowest BCUT2D eigenvalue weighted by Gasteiger charge is -2.33. The van der Waals surface area contributed by atoms with Crippen LogP contribution < -0.4 is 4.90 Å². The maximum absolute atomic E-state index is 11.0. The first kappa shape index (κ1) is 16.5. The fraction of sp³-hybridized carbons (Fsp3) is 0.350. The van der Waals surface area contributed by atoms with Crippen LogP contribution in [0.4, 0.5) is 5.69 Å². The monoisotopic (exact) mass is 324 g/mol. The molecule has 3 rings (SSSR count). The summed E-state index contributed by atoms with van der Waals surface area (Å²) < 4.78 is 0. The van der Waals surface area contributed by atoms with Gasteiger partial charge in [0.25, 0.3) is 0 Å². The first-order valence-electron chi connectivity index (χ1n) is 8.48. The minimum Gasteiger partial charge on any atom is -0.478 e. The highest BCUT2D eigenvalue weighted by molar-refractivity contribution is 5.88. The molecule has 0 aromatic heterocycles. The Morgan fingerprint density at radius 2 is 1.71 bits per heavy atom. The molecule has 0 saturated carbocycles. The Kier molecular flexibility index (Phi) is 5.16. The van der Waals surface area contributed by atoms with Gasteiger partial charge in [-0.25, -0.2) is 4.79 Å². The van der Waals surface area contributed by atoms with Crippen LogP contribution in [0.5, 0.6) is 0 Å². The van der Waals surface area contributed by atoms with Crippen LogP contribution >= 0.6 is 0 Å². The highest BCUT2D eigenvalue weighted by Crippen LogP contribution is 2.28. The molecule has 1 fully saturated rings. The maximum Gasteiger partial charge on any atom is 0.335 e. The van der Waals surface area contributed by atoms with Gasteiger partial charge in [0.05, 0.1) is 11.6 Å². The molecule has 4 heteroatoms. The Balaban J connectivity index is 1.84. The molecule has 0 unspecified atom stereocenters. The van der Waals surface area contributed by atoms with Gasteiger partial charge in [0.15, 0.2) is 0 Å². The SMILES string of the molecule is CN(c1ccc(C(=O)O)cc1)[C@H](CN1CCCC1)c1ccccc1. The van der Waals surface area contributed by atoms with Crippen LogP contribution in [0.2, 0.25) is 0 Å². The number of nitrogens with zero attached hydrogens (tertiary/aromatic N) is 2. The van der Waals surface area contributed by atoms with E-state index in [-0.39, 0.29) is 6.04 Å². The lowest BCUT2D eigenvalue weighted by atomic mass is 10.0. The predicted octanol–water partition coefficient (Wildman–Crippen LogP) is 3.66. The molecule has 1 heterocycles. The highest BCUT2D eigenvalue weighted by atomic mass is 16.4. The highest BCUT2D eigenvalue weighted by Gasteiger charge is 2.22. The normalized spacial score (nSPS) is 16.0. The third kappa shape index (κ3) is 3.77. The molecule has 24 heavy (non-hydrogen) atoms. The lowest BCUT2D eigenvalue weighted by molar-refractivity contribution is 0.0697. The first-order valence-corrected chi connectivity index (χ1v) is 8.48. The zero-order valence-electron chi connectivity index (χ0n) is 14.1. The molecule has 126 valence electrons. The average molecular weight is 324 g/mol. The third-order valence-corrected chi connectivity index (χ3v) is 4.80. The van der Waals surface area contributed by atoms with Crippen molar-refractivity contribution in [2.75, 3.05) is 31.6 Å². The van der Waals surface area contributed by atoms with Gasteiger partial charge >= 0.3 is 5.97 Å². The summed E-state index contributed by atoms with van der Waals surface area (Å²) in [5.74, 6) is -0.888. The Morgan fingerprint density at radius 1 is 1.08 bits per heavy atom. The molecule has 0 bridgehead atoms. The number of aromatic carboxylic acids is 1. The first-order chi connectivity index (χ1) is 11.6. The molecule has 1 aliphatic rings. The van der Waals surface area contributed by atoms with Gasteiger partial charge in [-0.1, -0.05) is 30.3 Å². The number of hydrogen-bond acceptors (Lipinski definition) is 3. The van der Waals surface area contributed by atoms with E-state index < -0.39 is 5.97 Å². The topological polar surface area (TPSA) is 43.8 Å². The summed E-state index contributed by atoms with van der Waals surface area (Å²) in [5, 5.41) is 9.07. The number of rotatable bonds is 6. The van der Waals surface area contributed by atoms with Crippen LogP contribution in [-0.2, 0) is 0 Å². The number of carboxylic acids is 1. The summed E-state index contributed by atoms with van der Waals surface area (Å²) >= 11 is 0. The minimum absolute atomic E-state index is 0.250. The molecule has 0 radical (unpaired) electrons. The fourth-order valence-electron chi connectivity index (χ4n) is 3.36. The molecule has 0 amide bonds. The largest absolute Gasteiger partial charge is 0.478 e. The molecule has 2 aromatic carbocycles. The molecular formula is C20H24N2O2. The van der Waals surface area contributed by atoms with Gasteiger partial charge in [-0.2, -0.15) is 0 Å². The Bertz CT molecular complexity index is 664. The van der Waals surface area contributed by atoms with Crippen LogP contribution in [0.15, 0.2) is 54.6 Å². The second-order valence-electron chi connectivity index (χ2n) is 6.40. The molecular weight excluding hydrogens is 300 g/mol. The van der Waals surface area contributed by atoms with Crippen molar-refractivity contribution in [3.63, 3.8) is 0 Å². The van der Waals surface area contributed by atoms with Gasteiger partial charge in [0.1, 0.15) is 0 Å². The van der Waals surface area contributed by atoms with Crippen LogP contribution in [-0.4, -0.2) is 42.7 Å². The Labute approximate surface area is 143 Å². The Morgan fingerprint density at radius 3 is 2.29 bits per heavy atom. The standard InChI is InChI=1S/C20H24N2O2/c1-21(18-11-9-17(10-12-18)20(23)24)19(15-22-13-5-6-14-22)16-7-3-2-4-8-16/h2-4,7-12,19H,5-6,13-15H2,1H3,(H,23,24)/t19-/m1/s1. The van der Waals surface area contributed by atoms with Crippen molar-refractivity contribution in [1.29, 1.82) is 0 Å². The number of anilines is 1. The van der Waals surface area contributed by atoms with E-state index in [9.17, 15) is 4.79 Å². The van der Waals surface area contributed by atoms with E-state index in [0.717, 1.165) is 25.3 Å². The Hall–Kier alpha value is -2.33. The summed E-state index contributed by atoms with van der Waals surface area (Å²) in [7, 11) is 2.09. The summed E-state index contributed by atoms with van der Waals surface area (Å²) in [6.07, 6.45) is 2.55. The molecule has 0 spiro atoms. The van der Waals surface area contributed by atoms with E-state index in [1.807, 2.05) is 18.2 Å². The zero-order chi connectivity index (χ0) is 16.9. The van der Waals surface area contributed by atoms with E-state index >= 15 is 0 Å². The third-order valence-electron chi connectivity index (χ3n) is 4.80. The van der Waals surface area contributed by atoms with Gasteiger partial charge in [0, 0.05) is 19.3 Å². The van der Waals surface area contributed by atoms with Crippen molar-refractivity contribution in [2.45, 2.75) is 18.9 Å². The zero-order valence-corrected chi connectivity index (χ0v) is 14.1. The quantitative estimate of drug-likeness (QED) is 0.881. The number of benzene rings is 2. The summed E-state index contributed by atoms with van der Waals surface area (Å²) in [5.41, 5.74) is 2.64. The molecule has 1 N–H and O–H groups in total. The summed E-state index contributed by atoms with van der Waals surface area (Å²) in [6.45, 7) is 3.31. The molecule has 1 saturated heterocycles. The molecule has 1 aliphatic heterocycles. The van der Waals surface area contributed by atoms with E-state index in [2.05, 4.69) is 41.1 Å². The smallest absolute Gasteiger partial charge is 0.335 e. The van der Waals surface area contributed by atoms with Crippen LogP contribution in [0.25, 0.3) is 0 Å². The van der Waals surface area contributed by atoms with Gasteiger partial charge in [-0.15, -0.1) is 0 Å². The molecule has 0 aliphatic carbocycles. The minimum atomic E-state index is -0.888. The van der Waals surface area contributed by atoms with Crippen molar-refractivity contribution in [1.82, 2.24) is 4.90 Å². The van der Waals surface area contributed by atoms with Gasteiger partial charge < -0.3 is 14.9 Å². The molecule has 1 atom stereocenters. The summed E-state index contributed by atoms with van der Waals surface area (Å²) in [4.78, 5) is 15.8. The predicted molar refractivity (Wildman–Crippen MR) is 96.7 cm³/mol. The van der Waals surface area contributed by atoms with Crippen LogP contribution in [0.1, 0.15) is 34.8 Å². The number of carbonyl (C=O) groups is 1. The lowest BCUT2D eigenvalue weighted by Crippen LogP contribution is -2.35. The van der Waals surface area contributed by atoms with E-state index in [1.165, 1.54) is 18.4 Å². The van der Waals surface area contributed by atoms with Gasteiger partial charge in [-0.05, 0) is 55.8 Å². The van der Waals surface area contributed by atoms with Crippen LogP contribution in [0.3, 0.4) is 0 Å². The number of hydrogen-bond donors (Lipinski definition) is 1. The number of likely N-dealkylation sites (N-methyl/N-ethyl adjacent to an activating group) is 1. The van der Waals surface area contributed by atoms with E-state index in [4.69, 9.17) is 5.11 Å². The van der Waals surface area contributed by atoms with Crippen molar-refractivity contribution in [2.24, 2.45) is 0 Å². The molecule has 4 nitrogen and oxygen atoms in total. The van der Waals surface area contributed by atoms with E-state index in [1.54, 1.807) is 12.1 Å². The second kappa shape index (κ2) is 7.49. The van der Waals surface area contributed by atoms with Gasteiger partial charge in [-0.3, -0.25) is 0 Å². The summed E-state index contributed by atoms with van der Waals surface area (Å²) in [6, 6.07) is 17.9. The number of likely N-dealkylation sites (tertiary alicyclic amines) is 1. The maximum atomic E-state index is 11.0. The van der Waals surface area contributed by atoms with Crippen molar-refractivity contribution >= 4 is 11.7 Å². The van der Waals surface area contributed by atoms with Crippen molar-refractivity contribution in [3.05, 3.63) is 65.7 Å². The second-order valence-corrected chi connectivity index (χ2v) is 6.40. The van der Waals surface area contributed by atoms with Crippen LogP contribution in [0, 0.1) is 0 Å². The average Bonchev–Trinajstić information content (AvgIpc) is 3.13. The van der Waals surface area contributed by atoms with Crippen molar-refractivity contribution in [3.8, 4) is 0 Å².